The number of anilines is 2. The predicted molar refractivity (Wildman–Crippen MR) is 119 cm³/mol. The normalized spacial score (nSPS) is 10.4. The number of carbonyl (C=O) groups is 2. The molecule has 0 fully saturated rings. The van der Waals surface area contributed by atoms with Crippen LogP contribution in [0, 0.1) is 0 Å². The summed E-state index contributed by atoms with van der Waals surface area (Å²) in [6, 6.07) is 15.0. The van der Waals surface area contributed by atoms with Crippen LogP contribution in [0.5, 0.6) is 0 Å². The fourth-order valence-electron chi connectivity index (χ4n) is 2.64. The van der Waals surface area contributed by atoms with Gasteiger partial charge < -0.3 is 15.1 Å². The van der Waals surface area contributed by atoms with Crippen molar-refractivity contribution >= 4 is 34.3 Å². The minimum atomic E-state index is -0.145. The topological polar surface area (TPSA) is 52.7 Å². The highest BCUT2D eigenvalue weighted by Crippen LogP contribution is 2.23. The lowest BCUT2D eigenvalue weighted by molar-refractivity contribution is 0.102. The number of benzene rings is 2. The van der Waals surface area contributed by atoms with Crippen LogP contribution in [0.25, 0.3) is 0 Å². The van der Waals surface area contributed by atoms with Gasteiger partial charge in [0, 0.05) is 49.0 Å². The lowest BCUT2D eigenvalue weighted by atomic mass is 10.1. The van der Waals surface area contributed by atoms with Gasteiger partial charge in [-0.15, -0.1) is 0 Å². The molecule has 2 amide bonds. The summed E-state index contributed by atoms with van der Waals surface area (Å²) < 4.78 is 0. The number of hydrogen-bond donors (Lipinski definition) is 1. The molecule has 0 radical (unpaired) electrons. The highest BCUT2D eigenvalue weighted by atomic mass is 32.2. The van der Waals surface area contributed by atoms with Crippen LogP contribution in [0.4, 0.5) is 16.2 Å². The molecule has 150 valence electrons. The quantitative estimate of drug-likeness (QED) is 0.609. The Balaban J connectivity index is 1.98. The summed E-state index contributed by atoms with van der Waals surface area (Å²) in [5.41, 5.74) is 2.46. The van der Waals surface area contributed by atoms with E-state index in [0.29, 0.717) is 11.3 Å². The van der Waals surface area contributed by atoms with Crippen molar-refractivity contribution < 1.29 is 9.59 Å². The molecule has 2 aromatic carbocycles. The highest BCUT2D eigenvalue weighted by Gasteiger charge is 2.10. The molecule has 0 aliphatic carbocycles. The second-order valence-electron chi connectivity index (χ2n) is 6.72. The zero-order chi connectivity index (χ0) is 20.5. The average molecular weight is 400 g/mol. The van der Waals surface area contributed by atoms with Crippen LogP contribution in [0.2, 0.25) is 0 Å². The highest BCUT2D eigenvalue weighted by molar-refractivity contribution is 8.13. The van der Waals surface area contributed by atoms with Crippen LogP contribution >= 0.6 is 11.8 Å². The van der Waals surface area contributed by atoms with Crippen molar-refractivity contribution in [3.8, 4) is 0 Å². The molecule has 0 atom stereocenters. The maximum absolute atomic E-state index is 12.5. The van der Waals surface area contributed by atoms with Gasteiger partial charge in [0.05, 0.1) is 0 Å². The van der Waals surface area contributed by atoms with Gasteiger partial charge in [-0.1, -0.05) is 13.3 Å². The maximum atomic E-state index is 12.5. The molecule has 2 aromatic rings. The van der Waals surface area contributed by atoms with Gasteiger partial charge in [0.2, 0.25) is 0 Å². The predicted octanol–water partition coefficient (Wildman–Crippen LogP) is 5.34. The van der Waals surface area contributed by atoms with Crippen LogP contribution in [0.15, 0.2) is 53.4 Å². The van der Waals surface area contributed by atoms with Crippen LogP contribution in [0.1, 0.15) is 37.0 Å². The Labute approximate surface area is 172 Å². The van der Waals surface area contributed by atoms with Gasteiger partial charge in [-0.25, -0.2) is 0 Å². The lowest BCUT2D eigenvalue weighted by Gasteiger charge is -2.23. The molecule has 28 heavy (non-hydrogen) atoms. The van der Waals surface area contributed by atoms with Crippen molar-refractivity contribution in [3.05, 3.63) is 54.1 Å². The van der Waals surface area contributed by atoms with Gasteiger partial charge >= 0.3 is 0 Å². The number of hydrogen-bond acceptors (Lipinski definition) is 4. The molecule has 0 saturated carbocycles. The summed E-state index contributed by atoms with van der Waals surface area (Å²) in [5.74, 6) is -0.145. The number of thioether (sulfide) groups is 1. The van der Waals surface area contributed by atoms with Crippen LogP contribution < -0.4 is 10.2 Å². The van der Waals surface area contributed by atoms with Crippen molar-refractivity contribution in [1.82, 2.24) is 4.90 Å². The Morgan fingerprint density at radius 1 is 0.964 bits per heavy atom. The van der Waals surface area contributed by atoms with Crippen molar-refractivity contribution in [2.24, 2.45) is 0 Å². The van der Waals surface area contributed by atoms with Crippen molar-refractivity contribution in [2.45, 2.75) is 31.6 Å². The van der Waals surface area contributed by atoms with Gasteiger partial charge in [-0.2, -0.15) is 0 Å². The minimum Gasteiger partial charge on any atom is -0.372 e. The van der Waals surface area contributed by atoms with E-state index in [4.69, 9.17) is 0 Å². The molecule has 0 heterocycles. The fraction of sp³-hybridized carbons (Fsp3) is 0.364. The van der Waals surface area contributed by atoms with E-state index in [1.807, 2.05) is 36.4 Å². The van der Waals surface area contributed by atoms with E-state index in [1.54, 1.807) is 26.2 Å². The molecule has 0 aromatic heterocycles. The summed E-state index contributed by atoms with van der Waals surface area (Å²) in [5, 5.41) is 2.87. The van der Waals surface area contributed by atoms with Crippen LogP contribution in [-0.4, -0.2) is 43.2 Å². The smallest absolute Gasteiger partial charge is 0.285 e. The van der Waals surface area contributed by atoms with E-state index >= 15 is 0 Å². The van der Waals surface area contributed by atoms with Crippen molar-refractivity contribution in [3.63, 3.8) is 0 Å². The lowest BCUT2D eigenvalue weighted by Crippen LogP contribution is -2.23. The number of carbonyl (C=O) groups excluding carboxylic acids is 2. The first-order valence-electron chi connectivity index (χ1n) is 9.60. The SMILES string of the molecule is CCCCN(CC)c1ccc(C(=O)Nc2ccc(SC(=O)N(C)C)cc2)cc1. The molecular formula is C22H29N3O2S. The maximum Gasteiger partial charge on any atom is 0.285 e. The van der Waals surface area contributed by atoms with Gasteiger partial charge in [0.15, 0.2) is 0 Å². The van der Waals surface area contributed by atoms with E-state index in [1.165, 1.54) is 4.90 Å². The Kier molecular flexibility index (Phi) is 8.39. The Bertz CT molecular complexity index is 773. The molecule has 0 spiro atoms. The van der Waals surface area contributed by atoms with Gasteiger partial charge in [0.1, 0.15) is 0 Å². The Hall–Kier alpha value is -2.47. The second-order valence-corrected chi connectivity index (χ2v) is 7.75. The number of amides is 2. The second kappa shape index (κ2) is 10.8. The number of nitrogens with zero attached hydrogens (tertiary/aromatic N) is 2. The number of nitrogens with one attached hydrogen (secondary N) is 1. The zero-order valence-electron chi connectivity index (χ0n) is 17.1. The molecule has 1 N–H and O–H groups in total. The first kappa shape index (κ1) is 21.8. The zero-order valence-corrected chi connectivity index (χ0v) is 17.9. The summed E-state index contributed by atoms with van der Waals surface area (Å²) in [7, 11) is 3.44. The van der Waals surface area contributed by atoms with Crippen LogP contribution in [0.3, 0.4) is 0 Å². The Morgan fingerprint density at radius 2 is 1.61 bits per heavy atom. The van der Waals surface area contributed by atoms with Crippen molar-refractivity contribution in [2.75, 3.05) is 37.4 Å². The van der Waals surface area contributed by atoms with Crippen molar-refractivity contribution in [1.29, 1.82) is 0 Å². The largest absolute Gasteiger partial charge is 0.372 e. The molecule has 5 nitrogen and oxygen atoms in total. The molecule has 0 saturated heterocycles. The van der Waals surface area contributed by atoms with Gasteiger partial charge in [0.25, 0.3) is 11.1 Å². The molecular weight excluding hydrogens is 370 g/mol. The molecule has 0 bridgehead atoms. The van der Waals surface area contributed by atoms with E-state index in [0.717, 1.165) is 48.3 Å². The Morgan fingerprint density at radius 3 is 2.14 bits per heavy atom. The average Bonchev–Trinajstić information content (AvgIpc) is 2.70. The third kappa shape index (κ3) is 6.30. The van der Waals surface area contributed by atoms with E-state index in [2.05, 4.69) is 24.1 Å². The first-order valence-corrected chi connectivity index (χ1v) is 10.4. The standard InChI is InChI=1S/C22H29N3O2S/c1-5-7-16-25(6-2)19-12-8-17(9-13-19)21(26)23-18-10-14-20(15-11-18)28-22(27)24(3)4/h8-15H,5-7,16H2,1-4H3,(H,23,26). The summed E-state index contributed by atoms with van der Waals surface area (Å²) in [6.45, 7) is 6.31. The molecule has 2 rings (SSSR count). The molecule has 0 aliphatic heterocycles. The summed E-state index contributed by atoms with van der Waals surface area (Å²) in [4.78, 5) is 28.9. The number of rotatable bonds is 8. The summed E-state index contributed by atoms with van der Waals surface area (Å²) in [6.07, 6.45) is 2.32. The molecule has 6 heteroatoms. The van der Waals surface area contributed by atoms with Gasteiger partial charge in [-0.3, -0.25) is 9.59 Å². The monoisotopic (exact) mass is 399 g/mol. The van der Waals surface area contributed by atoms with E-state index in [9.17, 15) is 9.59 Å². The minimum absolute atomic E-state index is 0.0306. The van der Waals surface area contributed by atoms with Crippen LogP contribution in [-0.2, 0) is 0 Å². The van der Waals surface area contributed by atoms with E-state index in [-0.39, 0.29) is 11.1 Å². The first-order chi connectivity index (χ1) is 13.4. The van der Waals surface area contributed by atoms with E-state index < -0.39 is 0 Å². The molecule has 0 aliphatic rings. The molecule has 0 unspecified atom stereocenters. The fourth-order valence-corrected chi connectivity index (χ4v) is 3.30. The summed E-state index contributed by atoms with van der Waals surface area (Å²) >= 11 is 1.16. The van der Waals surface area contributed by atoms with Gasteiger partial charge in [-0.05, 0) is 73.6 Å². The third-order valence-corrected chi connectivity index (χ3v) is 5.39. The third-order valence-electron chi connectivity index (χ3n) is 4.34. The number of unbranched alkanes of at least 4 members (excludes halogenated alkanes) is 1.